The number of methoxy groups -OCH3 is 1. The molecule has 0 unspecified atom stereocenters. The molecule has 1 amide bonds. The highest BCUT2D eigenvalue weighted by Gasteiger charge is 2.15. The molecule has 0 aliphatic rings. The van der Waals surface area contributed by atoms with Gasteiger partial charge >= 0.3 is 0 Å². The molecule has 0 saturated carbocycles. The second-order valence-electron chi connectivity index (χ2n) is 6.45. The van der Waals surface area contributed by atoms with Crippen molar-refractivity contribution >= 4 is 11.6 Å². The molecule has 8 nitrogen and oxygen atoms in total. The van der Waals surface area contributed by atoms with Gasteiger partial charge in [0.2, 0.25) is 11.7 Å². The second kappa shape index (κ2) is 7.97. The molecule has 0 aliphatic heterocycles. The molecule has 2 aromatic heterocycles. The van der Waals surface area contributed by atoms with Crippen molar-refractivity contribution in [2.24, 2.45) is 0 Å². The van der Waals surface area contributed by atoms with Crippen molar-refractivity contribution in [1.82, 2.24) is 19.7 Å². The number of anilines is 1. The minimum atomic E-state index is -0.184. The lowest BCUT2D eigenvalue weighted by molar-refractivity contribution is -0.116. The average Bonchev–Trinajstić information content (AvgIpc) is 3.38. The highest BCUT2D eigenvalue weighted by atomic mass is 16.5. The Morgan fingerprint density at radius 1 is 1.21 bits per heavy atom. The van der Waals surface area contributed by atoms with Crippen LogP contribution in [0.1, 0.15) is 5.56 Å². The summed E-state index contributed by atoms with van der Waals surface area (Å²) in [6.07, 6.45) is 3.27. The first-order valence-electron chi connectivity index (χ1n) is 8.98. The lowest BCUT2D eigenvalue weighted by Crippen LogP contribution is -2.17. The van der Waals surface area contributed by atoms with E-state index in [4.69, 9.17) is 9.26 Å². The molecule has 4 aromatic rings. The summed E-state index contributed by atoms with van der Waals surface area (Å²) in [5, 5.41) is 6.84. The van der Waals surface area contributed by atoms with Crippen LogP contribution >= 0.6 is 0 Å². The predicted molar refractivity (Wildman–Crippen MR) is 107 cm³/mol. The zero-order valence-electron chi connectivity index (χ0n) is 16.0. The van der Waals surface area contributed by atoms with Crippen LogP contribution in [-0.4, -0.2) is 32.7 Å². The van der Waals surface area contributed by atoms with Crippen LogP contribution in [0.2, 0.25) is 0 Å². The van der Waals surface area contributed by atoms with Crippen LogP contribution < -0.4 is 10.1 Å². The molecule has 4 rings (SSSR count). The van der Waals surface area contributed by atoms with Gasteiger partial charge in [-0.1, -0.05) is 29.4 Å². The van der Waals surface area contributed by atoms with E-state index in [0.29, 0.717) is 28.8 Å². The lowest BCUT2D eigenvalue weighted by atomic mass is 10.1. The summed E-state index contributed by atoms with van der Waals surface area (Å²) in [6.45, 7) is 2.08. The van der Waals surface area contributed by atoms with E-state index < -0.39 is 0 Å². The Balaban J connectivity index is 1.45. The van der Waals surface area contributed by atoms with Crippen molar-refractivity contribution in [3.63, 3.8) is 0 Å². The number of aryl methyl sites for hydroxylation is 1. The maximum Gasteiger partial charge on any atom is 0.258 e. The third-order valence-electron chi connectivity index (χ3n) is 4.34. The number of hydrogen-bond acceptors (Lipinski definition) is 6. The van der Waals surface area contributed by atoms with Crippen molar-refractivity contribution in [2.45, 2.75) is 13.5 Å². The fraction of sp³-hybridized carbons (Fsp3) is 0.143. The van der Waals surface area contributed by atoms with Gasteiger partial charge in [0.25, 0.3) is 5.89 Å². The molecule has 0 spiro atoms. The Morgan fingerprint density at radius 2 is 2.07 bits per heavy atom. The highest BCUT2D eigenvalue weighted by molar-refractivity contribution is 5.90. The smallest absolute Gasteiger partial charge is 0.258 e. The number of amides is 1. The van der Waals surface area contributed by atoms with Gasteiger partial charge in [0.05, 0.1) is 13.4 Å². The Bertz CT molecular complexity index is 1150. The van der Waals surface area contributed by atoms with E-state index in [0.717, 1.165) is 11.1 Å². The number of benzene rings is 2. The van der Waals surface area contributed by atoms with Crippen LogP contribution in [-0.2, 0) is 11.3 Å². The number of rotatable bonds is 6. The number of nitrogens with one attached hydrogen (secondary N) is 1. The lowest BCUT2D eigenvalue weighted by Gasteiger charge is -2.07. The number of aromatic nitrogens is 4. The topological polar surface area (TPSA) is 95.1 Å². The van der Waals surface area contributed by atoms with Gasteiger partial charge in [0.1, 0.15) is 18.0 Å². The molecule has 0 radical (unpaired) electrons. The van der Waals surface area contributed by atoms with Crippen LogP contribution in [0.5, 0.6) is 5.75 Å². The van der Waals surface area contributed by atoms with E-state index >= 15 is 0 Å². The first kappa shape index (κ1) is 18.4. The molecule has 29 heavy (non-hydrogen) atoms. The number of hydrogen-bond donors (Lipinski definition) is 1. The summed E-state index contributed by atoms with van der Waals surface area (Å²) < 4.78 is 12.2. The minimum Gasteiger partial charge on any atom is -0.497 e. The largest absolute Gasteiger partial charge is 0.497 e. The van der Waals surface area contributed by atoms with Crippen LogP contribution in [0.4, 0.5) is 5.69 Å². The summed E-state index contributed by atoms with van der Waals surface area (Å²) in [5.74, 6) is 1.30. The van der Waals surface area contributed by atoms with Crippen molar-refractivity contribution in [2.75, 3.05) is 12.4 Å². The number of carbonyl (C=O) groups excluding carboxylic acids is 1. The molecule has 2 heterocycles. The summed E-state index contributed by atoms with van der Waals surface area (Å²) in [7, 11) is 1.58. The van der Waals surface area contributed by atoms with Crippen LogP contribution in [0.25, 0.3) is 23.0 Å². The zero-order valence-corrected chi connectivity index (χ0v) is 16.0. The summed E-state index contributed by atoms with van der Waals surface area (Å²) in [4.78, 5) is 21.0. The van der Waals surface area contributed by atoms with Crippen molar-refractivity contribution in [1.29, 1.82) is 0 Å². The Hall–Kier alpha value is -3.94. The van der Waals surface area contributed by atoms with E-state index in [2.05, 4.69) is 20.4 Å². The Morgan fingerprint density at radius 3 is 2.90 bits per heavy atom. The van der Waals surface area contributed by atoms with Gasteiger partial charge in [-0.2, -0.15) is 4.98 Å². The molecule has 0 fully saturated rings. The van der Waals surface area contributed by atoms with Gasteiger partial charge in [-0.15, -0.1) is 0 Å². The molecule has 1 N–H and O–H groups in total. The van der Waals surface area contributed by atoms with Gasteiger partial charge in [0.15, 0.2) is 0 Å². The fourth-order valence-electron chi connectivity index (χ4n) is 2.88. The van der Waals surface area contributed by atoms with E-state index in [1.165, 1.54) is 0 Å². The predicted octanol–water partition coefficient (Wildman–Crippen LogP) is 3.56. The minimum absolute atomic E-state index is 0.104. The summed E-state index contributed by atoms with van der Waals surface area (Å²) in [6, 6.07) is 15.0. The average molecular weight is 389 g/mol. The zero-order chi connectivity index (χ0) is 20.2. The molecule has 0 aliphatic carbocycles. The van der Waals surface area contributed by atoms with Gasteiger partial charge in [-0.25, -0.2) is 4.98 Å². The third-order valence-corrected chi connectivity index (χ3v) is 4.34. The van der Waals surface area contributed by atoms with E-state index in [9.17, 15) is 4.79 Å². The quantitative estimate of drug-likeness (QED) is 0.542. The molecular weight excluding hydrogens is 370 g/mol. The van der Waals surface area contributed by atoms with Crippen molar-refractivity contribution < 1.29 is 14.1 Å². The maximum absolute atomic E-state index is 12.3. The first-order chi connectivity index (χ1) is 14.1. The summed E-state index contributed by atoms with van der Waals surface area (Å²) >= 11 is 0. The fourth-order valence-corrected chi connectivity index (χ4v) is 2.88. The van der Waals surface area contributed by atoms with E-state index in [1.54, 1.807) is 36.3 Å². The van der Waals surface area contributed by atoms with E-state index in [1.807, 2.05) is 43.3 Å². The van der Waals surface area contributed by atoms with Gasteiger partial charge in [-0.3, -0.25) is 4.79 Å². The SMILES string of the molecule is COc1cccc(NC(=O)Cn2cnc(-c3noc(-c4ccccc4C)n3)c2)c1. The van der Waals surface area contributed by atoms with Gasteiger partial charge < -0.3 is 19.1 Å². The molecule has 2 aromatic carbocycles. The number of carbonyl (C=O) groups is 1. The van der Waals surface area contributed by atoms with Gasteiger partial charge in [-0.05, 0) is 30.7 Å². The number of ether oxygens (including phenoxy) is 1. The van der Waals surface area contributed by atoms with Crippen molar-refractivity contribution in [3.8, 4) is 28.7 Å². The molecular formula is C21H19N5O3. The van der Waals surface area contributed by atoms with Gasteiger partial charge in [0, 0.05) is 23.5 Å². The van der Waals surface area contributed by atoms with Crippen LogP contribution in [0, 0.1) is 6.92 Å². The molecule has 146 valence electrons. The monoisotopic (exact) mass is 389 g/mol. The Kier molecular flexibility index (Phi) is 5.07. The highest BCUT2D eigenvalue weighted by Crippen LogP contribution is 2.24. The first-order valence-corrected chi connectivity index (χ1v) is 8.98. The normalized spacial score (nSPS) is 10.7. The Labute approximate surface area is 167 Å². The maximum atomic E-state index is 12.3. The summed E-state index contributed by atoms with van der Waals surface area (Å²) in [5.41, 5.74) is 3.12. The third kappa shape index (κ3) is 4.16. The van der Waals surface area contributed by atoms with Crippen LogP contribution in [0.15, 0.2) is 65.6 Å². The standard InChI is InChI=1S/C21H19N5O3/c1-14-6-3-4-9-17(14)21-24-20(25-29-21)18-11-26(13-22-18)12-19(27)23-15-7-5-8-16(10-15)28-2/h3-11,13H,12H2,1-2H3,(H,23,27). The van der Waals surface area contributed by atoms with Crippen LogP contribution in [0.3, 0.4) is 0 Å². The van der Waals surface area contributed by atoms with Crippen molar-refractivity contribution in [3.05, 3.63) is 66.6 Å². The molecule has 8 heteroatoms. The molecule has 0 atom stereocenters. The molecule has 0 bridgehead atoms. The molecule has 0 saturated heterocycles. The second-order valence-corrected chi connectivity index (χ2v) is 6.45. The number of nitrogens with zero attached hydrogens (tertiary/aromatic N) is 4. The number of imidazole rings is 1. The van der Waals surface area contributed by atoms with E-state index in [-0.39, 0.29) is 12.5 Å².